The molecule has 4 fully saturated rings. The Hall–Kier alpha value is -2.43. The van der Waals surface area contributed by atoms with Crippen molar-refractivity contribution >= 4 is 35.5 Å². The molecule has 1 spiro atoms. The average molecular weight is 541 g/mol. The maximum Gasteiger partial charge on any atom is 0.312 e. The summed E-state index contributed by atoms with van der Waals surface area (Å²) in [6.45, 7) is 15.2. The third kappa shape index (κ3) is 3.99. The largest absolute Gasteiger partial charge is 0.462 e. The van der Waals surface area contributed by atoms with Crippen LogP contribution in [0, 0.1) is 17.3 Å². The Morgan fingerprint density at radius 2 is 1.62 bits per heavy atom. The van der Waals surface area contributed by atoms with Gasteiger partial charge in [-0.1, -0.05) is 25.7 Å². The summed E-state index contributed by atoms with van der Waals surface area (Å²) < 4.78 is 29.6. The third-order valence-electron chi connectivity index (χ3n) is 8.44. The predicted octanol–water partition coefficient (Wildman–Crippen LogP) is 1.99. The fourth-order valence-corrected chi connectivity index (χ4v) is 7.20. The molecule has 0 aromatic rings. The van der Waals surface area contributed by atoms with E-state index in [4.69, 9.17) is 35.3 Å². The zero-order valence-corrected chi connectivity index (χ0v) is 22.3. The zero-order chi connectivity index (χ0) is 27.6. The van der Waals surface area contributed by atoms with E-state index in [9.17, 15) is 24.3 Å². The van der Waals surface area contributed by atoms with E-state index < -0.39 is 88.7 Å². The molecule has 204 valence electrons. The van der Waals surface area contributed by atoms with Crippen molar-refractivity contribution in [3.05, 3.63) is 24.3 Å². The number of carbonyl (C=O) groups is 4. The van der Waals surface area contributed by atoms with Crippen LogP contribution in [0.25, 0.3) is 0 Å². The van der Waals surface area contributed by atoms with Crippen molar-refractivity contribution in [1.82, 2.24) is 0 Å². The van der Waals surface area contributed by atoms with Crippen LogP contribution >= 0.6 is 11.6 Å². The summed E-state index contributed by atoms with van der Waals surface area (Å²) in [5.74, 6) is -4.44. The van der Waals surface area contributed by atoms with Gasteiger partial charge in [-0.15, -0.1) is 11.6 Å². The molecule has 0 amide bonds. The second-order valence-corrected chi connectivity index (χ2v) is 11.1. The van der Waals surface area contributed by atoms with E-state index in [0.717, 1.165) is 0 Å². The highest BCUT2D eigenvalue weighted by Crippen LogP contribution is 2.60. The first-order valence-corrected chi connectivity index (χ1v) is 12.7. The lowest BCUT2D eigenvalue weighted by Gasteiger charge is -2.61. The summed E-state index contributed by atoms with van der Waals surface area (Å²) in [6.07, 6.45) is -6.61. The highest BCUT2D eigenvalue weighted by atomic mass is 35.5. The Balaban J connectivity index is 2.06. The lowest BCUT2D eigenvalue weighted by Crippen LogP contribution is -2.75. The molecule has 0 aromatic carbocycles. The Kier molecular flexibility index (Phi) is 7.01. The maximum absolute atomic E-state index is 13.0. The van der Waals surface area contributed by atoms with Crippen molar-refractivity contribution in [2.75, 3.05) is 0 Å². The Morgan fingerprint density at radius 1 is 1.05 bits per heavy atom. The molecular weight excluding hydrogens is 508 g/mol. The van der Waals surface area contributed by atoms with Crippen molar-refractivity contribution in [1.29, 1.82) is 0 Å². The number of halogens is 1. The highest BCUT2D eigenvalue weighted by molar-refractivity contribution is 6.23. The van der Waals surface area contributed by atoms with Gasteiger partial charge in [0.2, 0.25) is 0 Å². The summed E-state index contributed by atoms with van der Waals surface area (Å²) in [5.41, 5.74) is -2.22. The number of hydrogen-bond acceptors (Lipinski definition) is 10. The first kappa shape index (κ1) is 27.6. The average Bonchev–Trinajstić information content (AvgIpc) is 3.05. The van der Waals surface area contributed by atoms with Crippen molar-refractivity contribution < 1.29 is 48.0 Å². The number of alkyl halides is 1. The molecule has 3 aliphatic heterocycles. The van der Waals surface area contributed by atoms with Crippen molar-refractivity contribution in [3.63, 3.8) is 0 Å². The van der Waals surface area contributed by atoms with E-state index in [1.165, 1.54) is 20.8 Å². The second kappa shape index (κ2) is 9.39. The van der Waals surface area contributed by atoms with E-state index in [-0.39, 0.29) is 5.57 Å². The third-order valence-corrected chi connectivity index (χ3v) is 8.95. The fourth-order valence-electron chi connectivity index (χ4n) is 6.83. The minimum Gasteiger partial charge on any atom is -0.462 e. The van der Waals surface area contributed by atoms with E-state index in [1.54, 1.807) is 13.8 Å². The monoisotopic (exact) mass is 540 g/mol. The Morgan fingerprint density at radius 3 is 2.19 bits per heavy atom. The van der Waals surface area contributed by atoms with Gasteiger partial charge in [0, 0.05) is 26.7 Å². The molecule has 11 atom stereocenters. The minimum atomic E-state index is -1.64. The number of ether oxygens (including phenoxy) is 5. The van der Waals surface area contributed by atoms with E-state index in [0.29, 0.717) is 18.4 Å². The summed E-state index contributed by atoms with van der Waals surface area (Å²) in [5, 5.41) is 10.8. The van der Waals surface area contributed by atoms with Crippen molar-refractivity contribution in [3.8, 4) is 0 Å². The lowest BCUT2D eigenvalue weighted by molar-refractivity contribution is -0.292. The van der Waals surface area contributed by atoms with Crippen LogP contribution in [0.4, 0.5) is 0 Å². The van der Waals surface area contributed by atoms with E-state index in [2.05, 4.69) is 13.2 Å². The highest BCUT2D eigenvalue weighted by Gasteiger charge is 2.75. The second-order valence-electron chi connectivity index (χ2n) is 10.6. The number of aliphatic hydroxyl groups is 1. The normalized spacial score (nSPS) is 44.9. The van der Waals surface area contributed by atoms with Crippen LogP contribution in [0.1, 0.15) is 47.5 Å². The van der Waals surface area contributed by atoms with Crippen LogP contribution in [-0.4, -0.2) is 76.6 Å². The van der Waals surface area contributed by atoms with Crippen molar-refractivity contribution in [2.45, 2.75) is 95.1 Å². The molecule has 1 unspecified atom stereocenters. The molecule has 2 bridgehead atoms. The number of rotatable bonds is 3. The van der Waals surface area contributed by atoms with E-state index >= 15 is 0 Å². The number of aliphatic hydroxyl groups excluding tert-OH is 1. The lowest BCUT2D eigenvalue weighted by atomic mass is 9.53. The molecule has 0 radical (unpaired) electrons. The molecule has 3 heterocycles. The van der Waals surface area contributed by atoms with E-state index in [1.807, 2.05) is 0 Å². The number of carbonyl (C=O) groups excluding carboxylic acids is 4. The number of esters is 4. The number of hydrogen-bond donors (Lipinski definition) is 1. The fraction of sp³-hybridized carbons (Fsp3) is 0.692. The molecule has 1 aliphatic carbocycles. The van der Waals surface area contributed by atoms with Crippen LogP contribution in [-0.2, 0) is 42.9 Å². The minimum absolute atomic E-state index is 0.205. The maximum atomic E-state index is 13.0. The summed E-state index contributed by atoms with van der Waals surface area (Å²) in [4.78, 5) is 50.1. The standard InChI is InChI=1S/C26H33ClO10/c1-10-8-9-16(33-13(4)28)25(7)17(10)21(34-14(5)29)26-12(3)24(32)36-22(26)18(27)11(2)20(37-26)19(31)23(25)35-15(6)30/h12,16-23,31H,1-2,8-9H2,3-7H3/t12?,16-,17+,18-,19+,20+,21-,22-,23-,25-,26+/m0/s1. The summed E-state index contributed by atoms with van der Waals surface area (Å²) in [6, 6.07) is 0. The first-order chi connectivity index (χ1) is 17.2. The molecule has 1 N–H and O–H groups in total. The Bertz CT molecular complexity index is 1060. The van der Waals surface area contributed by atoms with Crippen LogP contribution < -0.4 is 0 Å². The van der Waals surface area contributed by atoms with Crippen LogP contribution in [0.15, 0.2) is 24.3 Å². The first-order valence-electron chi connectivity index (χ1n) is 12.3. The molecule has 0 aromatic heterocycles. The zero-order valence-electron chi connectivity index (χ0n) is 21.5. The molecule has 10 nitrogen and oxygen atoms in total. The quantitative estimate of drug-likeness (QED) is 0.245. The molecule has 3 saturated heterocycles. The van der Waals surface area contributed by atoms with Gasteiger partial charge in [-0.25, -0.2) is 0 Å². The smallest absolute Gasteiger partial charge is 0.312 e. The van der Waals surface area contributed by atoms with Crippen LogP contribution in [0.5, 0.6) is 0 Å². The molecule has 37 heavy (non-hydrogen) atoms. The molecule has 4 aliphatic rings. The van der Waals surface area contributed by atoms with Crippen molar-refractivity contribution in [2.24, 2.45) is 17.3 Å². The number of fused-ring (bicyclic) bond motifs is 2. The summed E-state index contributed by atoms with van der Waals surface area (Å²) in [7, 11) is 0. The van der Waals surface area contributed by atoms with Crippen LogP contribution in [0.2, 0.25) is 0 Å². The molecule has 1 saturated carbocycles. The van der Waals surface area contributed by atoms with Gasteiger partial charge >= 0.3 is 23.9 Å². The molecular formula is C26H33ClO10. The molecule has 11 heteroatoms. The van der Waals surface area contributed by atoms with Gasteiger partial charge in [0.25, 0.3) is 0 Å². The van der Waals surface area contributed by atoms with Gasteiger partial charge in [0.1, 0.15) is 30.5 Å². The SMILES string of the molecule is C=C1CC[C@H](OC(C)=O)[C@@]2(C)[C@H]1[C@H](OC(C)=O)[C@@]13O[C@H](C(=C)[C@H](Cl)[C@@H]1OC(=O)C3C)[C@@H](O)[C@@H]2OC(C)=O. The summed E-state index contributed by atoms with van der Waals surface area (Å²) >= 11 is 6.78. The van der Waals surface area contributed by atoms with Gasteiger partial charge < -0.3 is 28.8 Å². The van der Waals surface area contributed by atoms with Gasteiger partial charge in [-0.3, -0.25) is 19.2 Å². The topological polar surface area (TPSA) is 135 Å². The van der Waals surface area contributed by atoms with Gasteiger partial charge in [-0.05, 0) is 25.3 Å². The molecule has 4 rings (SSSR count). The van der Waals surface area contributed by atoms with Crippen LogP contribution in [0.3, 0.4) is 0 Å². The van der Waals surface area contributed by atoms with Gasteiger partial charge in [0.15, 0.2) is 11.7 Å². The predicted molar refractivity (Wildman–Crippen MR) is 128 cm³/mol. The Labute approximate surface area is 220 Å². The van der Waals surface area contributed by atoms with Gasteiger partial charge in [-0.2, -0.15) is 0 Å². The van der Waals surface area contributed by atoms with Gasteiger partial charge in [0.05, 0.1) is 16.7 Å².